The number of fused-ring (bicyclic) bond motifs is 1. The molecule has 0 radical (unpaired) electrons. The van der Waals surface area contributed by atoms with E-state index in [0.29, 0.717) is 18.3 Å². The molecule has 3 aromatic carbocycles. The molecule has 3 aromatic rings. The molecular weight excluding hydrogens is 630 g/mol. The summed E-state index contributed by atoms with van der Waals surface area (Å²) in [5.41, 5.74) is 2.05. The van der Waals surface area contributed by atoms with Gasteiger partial charge in [-0.05, 0) is 52.1 Å². The molecule has 16 heteroatoms. The lowest BCUT2D eigenvalue weighted by atomic mass is 9.98. The average Bonchev–Trinajstić information content (AvgIpc) is 2.93. The molecule has 43 heavy (non-hydrogen) atoms. The van der Waals surface area contributed by atoms with Crippen molar-refractivity contribution in [3.05, 3.63) is 83.9 Å². The van der Waals surface area contributed by atoms with Gasteiger partial charge >= 0.3 is 36.7 Å². The summed E-state index contributed by atoms with van der Waals surface area (Å²) in [4.78, 5) is 10.7. The van der Waals surface area contributed by atoms with Gasteiger partial charge in [0.25, 0.3) is 0 Å². The summed E-state index contributed by atoms with van der Waals surface area (Å²) in [5, 5.41) is -11.8. The van der Waals surface area contributed by atoms with Crippen LogP contribution in [0.1, 0.15) is 35.6 Å². The highest BCUT2D eigenvalue weighted by Crippen LogP contribution is 2.51. The fourth-order valence-corrected chi connectivity index (χ4v) is 5.28. The van der Waals surface area contributed by atoms with E-state index in [9.17, 15) is 48.0 Å². The highest BCUT2D eigenvalue weighted by atomic mass is 32.2. The fourth-order valence-electron chi connectivity index (χ4n) is 3.85. The Hall–Kier alpha value is -3.47. The predicted molar refractivity (Wildman–Crippen MR) is 144 cm³/mol. The van der Waals surface area contributed by atoms with Crippen LogP contribution in [-0.2, 0) is 36.2 Å². The van der Waals surface area contributed by atoms with Crippen molar-refractivity contribution in [1.29, 1.82) is 0 Å². The molecule has 0 spiro atoms. The highest BCUT2D eigenvalue weighted by molar-refractivity contribution is 7.88. The summed E-state index contributed by atoms with van der Waals surface area (Å²) in [6.45, 7) is 3.85. The van der Waals surface area contributed by atoms with Crippen LogP contribution < -0.4 is 4.18 Å². The lowest BCUT2D eigenvalue weighted by Crippen LogP contribution is -2.61. The number of hydrogen-bond donors (Lipinski definition) is 1. The molecule has 0 aromatic heterocycles. The van der Waals surface area contributed by atoms with Crippen LogP contribution in [0.25, 0.3) is 16.8 Å². The molecule has 0 fully saturated rings. The van der Waals surface area contributed by atoms with Gasteiger partial charge in [-0.2, -0.15) is 43.2 Å². The number of carbonyl (C=O) groups excluding carboxylic acids is 1. The van der Waals surface area contributed by atoms with E-state index >= 15 is 0 Å². The summed E-state index contributed by atoms with van der Waals surface area (Å²) < 4.78 is 146. The van der Waals surface area contributed by atoms with Crippen LogP contribution in [0.3, 0.4) is 0 Å². The minimum absolute atomic E-state index is 0.121. The molecular formula is C27H24F6O8S2. The van der Waals surface area contributed by atoms with Gasteiger partial charge in [-0.3, -0.25) is 4.55 Å². The molecule has 0 bridgehead atoms. The Morgan fingerprint density at radius 3 is 2.05 bits per heavy atom. The zero-order chi connectivity index (χ0) is 32.3. The van der Waals surface area contributed by atoms with E-state index < -0.39 is 48.5 Å². The van der Waals surface area contributed by atoms with Crippen molar-refractivity contribution in [2.75, 3.05) is 6.61 Å². The second-order valence-corrected chi connectivity index (χ2v) is 12.3. The SMILES string of the molecule is C=Cc1ccc2cc(CC(OCCCC=O)c3ccc(OS(=O)(=O)C(F)(F)C(F)(F)C(F)(F)S(=O)(=O)O)cc3)ccc2c1. The average molecular weight is 655 g/mol. The maximum atomic E-state index is 14.1. The fraction of sp³-hybridized carbons (Fsp3) is 0.296. The van der Waals surface area contributed by atoms with Crippen LogP contribution in [-0.4, -0.2) is 50.7 Å². The third-order valence-corrected chi connectivity index (χ3v) is 8.40. The third-order valence-electron chi connectivity index (χ3n) is 6.20. The molecule has 0 saturated heterocycles. The van der Waals surface area contributed by atoms with Crippen molar-refractivity contribution in [3.63, 3.8) is 0 Å². The maximum absolute atomic E-state index is 14.1. The van der Waals surface area contributed by atoms with E-state index in [-0.39, 0.29) is 19.4 Å². The summed E-state index contributed by atoms with van der Waals surface area (Å²) in [6, 6.07) is 15.1. The molecule has 0 saturated carbocycles. The number of rotatable bonds is 15. The number of hydrogen-bond acceptors (Lipinski definition) is 7. The van der Waals surface area contributed by atoms with E-state index in [1.807, 2.05) is 36.4 Å². The van der Waals surface area contributed by atoms with Gasteiger partial charge in [0, 0.05) is 19.4 Å². The molecule has 1 atom stereocenters. The van der Waals surface area contributed by atoms with Crippen LogP contribution in [0, 0.1) is 0 Å². The standard InChI is InChI=1S/C27H24F6O8S2/c1-2-18-5-7-22-16-19(6-8-21(22)15-18)17-24(40-14-4-3-13-34)20-9-11-23(12-10-20)41-43(38,39)27(32,33)25(28,29)26(30,31)42(35,36)37/h2,5-13,15-16,24H,1,3-4,14,17H2,(H,35,36,37). The number of aldehydes is 1. The first-order chi connectivity index (χ1) is 19.9. The van der Waals surface area contributed by atoms with Crippen molar-refractivity contribution in [1.82, 2.24) is 0 Å². The second-order valence-electron chi connectivity index (χ2n) is 9.21. The topological polar surface area (TPSA) is 124 Å². The molecule has 0 heterocycles. The van der Waals surface area contributed by atoms with E-state index in [0.717, 1.165) is 46.2 Å². The zero-order valence-electron chi connectivity index (χ0n) is 21.9. The number of carbonyl (C=O) groups is 1. The normalized spacial score (nSPS) is 13.9. The lowest BCUT2D eigenvalue weighted by Gasteiger charge is -2.29. The van der Waals surface area contributed by atoms with Gasteiger partial charge < -0.3 is 13.7 Å². The highest BCUT2D eigenvalue weighted by Gasteiger charge is 2.83. The molecule has 0 aliphatic rings. The molecule has 1 N–H and O–H groups in total. The molecule has 0 amide bonds. The Morgan fingerprint density at radius 1 is 0.860 bits per heavy atom. The van der Waals surface area contributed by atoms with E-state index in [4.69, 9.17) is 9.29 Å². The summed E-state index contributed by atoms with van der Waals surface area (Å²) in [5.74, 6) is -8.13. The van der Waals surface area contributed by atoms with E-state index in [1.54, 1.807) is 6.08 Å². The minimum Gasteiger partial charge on any atom is -0.378 e. The van der Waals surface area contributed by atoms with E-state index in [1.165, 1.54) is 0 Å². The van der Waals surface area contributed by atoms with Crippen LogP contribution in [0.5, 0.6) is 5.75 Å². The van der Waals surface area contributed by atoms with Gasteiger partial charge in [0.1, 0.15) is 12.0 Å². The summed E-state index contributed by atoms with van der Waals surface area (Å²) in [7, 11) is -14.1. The number of halogens is 6. The van der Waals surface area contributed by atoms with Crippen molar-refractivity contribution in [2.45, 2.75) is 41.8 Å². The number of alkyl halides is 6. The van der Waals surface area contributed by atoms with Gasteiger partial charge in [0.05, 0.1) is 6.10 Å². The van der Waals surface area contributed by atoms with Crippen molar-refractivity contribution < 1.29 is 61.4 Å². The Labute approximate surface area is 242 Å². The first-order valence-electron chi connectivity index (χ1n) is 12.2. The number of benzene rings is 3. The number of ether oxygens (including phenoxy) is 1. The van der Waals surface area contributed by atoms with Gasteiger partial charge in [0.15, 0.2) is 0 Å². The van der Waals surface area contributed by atoms with Crippen LogP contribution >= 0.6 is 0 Å². The van der Waals surface area contributed by atoms with Crippen LogP contribution in [0.15, 0.2) is 67.2 Å². The first-order valence-corrected chi connectivity index (χ1v) is 15.1. The van der Waals surface area contributed by atoms with Gasteiger partial charge in [-0.1, -0.05) is 55.1 Å². The van der Waals surface area contributed by atoms with Crippen LogP contribution in [0.2, 0.25) is 0 Å². The molecule has 3 rings (SSSR count). The predicted octanol–water partition coefficient (Wildman–Crippen LogP) is 6.18. The Kier molecular flexibility index (Phi) is 10.0. The molecule has 1 unspecified atom stereocenters. The molecule has 0 aliphatic heterocycles. The Balaban J connectivity index is 1.87. The zero-order valence-corrected chi connectivity index (χ0v) is 23.6. The Morgan fingerprint density at radius 2 is 1.47 bits per heavy atom. The van der Waals surface area contributed by atoms with Gasteiger partial charge in [-0.15, -0.1) is 0 Å². The minimum atomic E-state index is -7.16. The number of unbranched alkanes of at least 4 members (excludes halogenated alkanes) is 1. The quantitative estimate of drug-likeness (QED) is 0.0678. The lowest BCUT2D eigenvalue weighted by molar-refractivity contribution is -0.247. The monoisotopic (exact) mass is 654 g/mol. The van der Waals surface area contributed by atoms with Crippen molar-refractivity contribution >= 4 is 43.4 Å². The summed E-state index contributed by atoms with van der Waals surface area (Å²) in [6.07, 6.45) is 2.45. The third kappa shape index (κ3) is 7.03. The Bertz CT molecular complexity index is 1690. The van der Waals surface area contributed by atoms with E-state index in [2.05, 4.69) is 10.8 Å². The maximum Gasteiger partial charge on any atom is 0.450 e. The first kappa shape index (κ1) is 34.0. The largest absolute Gasteiger partial charge is 0.450 e. The smallest absolute Gasteiger partial charge is 0.378 e. The summed E-state index contributed by atoms with van der Waals surface area (Å²) >= 11 is 0. The van der Waals surface area contributed by atoms with Gasteiger partial charge in [-0.25, -0.2) is 0 Å². The molecule has 8 nitrogen and oxygen atoms in total. The van der Waals surface area contributed by atoms with Gasteiger partial charge in [0.2, 0.25) is 0 Å². The van der Waals surface area contributed by atoms with Crippen LogP contribution in [0.4, 0.5) is 26.3 Å². The van der Waals surface area contributed by atoms with Crippen molar-refractivity contribution in [2.24, 2.45) is 0 Å². The van der Waals surface area contributed by atoms with Crippen molar-refractivity contribution in [3.8, 4) is 5.75 Å². The molecule has 234 valence electrons. The second kappa shape index (κ2) is 12.6. The molecule has 0 aliphatic carbocycles.